The van der Waals surface area contributed by atoms with Crippen LogP contribution in [0.1, 0.15) is 43.2 Å². The Kier molecular flexibility index (Phi) is 3.74. The van der Waals surface area contributed by atoms with Crippen molar-refractivity contribution in [2.24, 2.45) is 20.4 Å². The van der Waals surface area contributed by atoms with Crippen molar-refractivity contribution in [1.29, 1.82) is 0 Å². The maximum Gasteiger partial charge on any atom is 0.209 e. The summed E-state index contributed by atoms with van der Waals surface area (Å²) >= 11 is 1.44. The Hall–Kier alpha value is -1.62. The van der Waals surface area contributed by atoms with Gasteiger partial charge in [0.2, 0.25) is 5.17 Å². The number of fused-ring (bicyclic) bond motifs is 1. The minimum Gasteiger partial charge on any atom is -0.253 e. The molecule has 2 heterocycles. The molecule has 1 saturated carbocycles. The van der Waals surface area contributed by atoms with Crippen LogP contribution in [-0.2, 0) is 0 Å². The molecule has 1 fully saturated rings. The zero-order valence-corrected chi connectivity index (χ0v) is 13.6. The Labute approximate surface area is 135 Å². The number of benzene rings is 1. The van der Waals surface area contributed by atoms with Crippen molar-refractivity contribution in [3.63, 3.8) is 0 Å². The number of hydrogen-bond donors (Lipinski definition) is 0. The number of aryl methyl sites for hydroxylation is 1. The van der Waals surface area contributed by atoms with Gasteiger partial charge >= 0.3 is 0 Å². The van der Waals surface area contributed by atoms with E-state index in [-0.39, 0.29) is 0 Å². The first kappa shape index (κ1) is 14.0. The minimum absolute atomic E-state index is 0.615. The summed E-state index contributed by atoms with van der Waals surface area (Å²) in [6.45, 7) is 2.85. The van der Waals surface area contributed by atoms with Gasteiger partial charge in [0, 0.05) is 11.5 Å². The molecule has 4 nitrogen and oxygen atoms in total. The standard InChI is InChI=1S/C17H20N4S/c1-12-7-9-14(10-8-12)16-20-22-17-18-11-15(19-21(16)17)13-5-3-2-4-6-13/h7-10,13H,2-6,11H2,1H3. The monoisotopic (exact) mass is 312 g/mol. The summed E-state index contributed by atoms with van der Waals surface area (Å²) in [6.07, 6.45) is 6.55. The predicted octanol–water partition coefficient (Wildman–Crippen LogP) is 4.01. The van der Waals surface area contributed by atoms with Gasteiger partial charge in [-0.25, -0.2) is 0 Å². The average Bonchev–Trinajstić information content (AvgIpc) is 2.99. The number of hydrazone groups is 1. The Balaban J connectivity index is 1.60. The molecule has 0 bridgehead atoms. The molecule has 0 atom stereocenters. The topological polar surface area (TPSA) is 40.3 Å². The van der Waals surface area contributed by atoms with Gasteiger partial charge in [-0.1, -0.05) is 49.1 Å². The fourth-order valence-corrected chi connectivity index (χ4v) is 3.95. The van der Waals surface area contributed by atoms with Crippen LogP contribution < -0.4 is 0 Å². The van der Waals surface area contributed by atoms with Crippen molar-refractivity contribution in [3.05, 3.63) is 35.4 Å². The highest BCUT2D eigenvalue weighted by Crippen LogP contribution is 2.31. The third-order valence-electron chi connectivity index (χ3n) is 4.59. The third kappa shape index (κ3) is 2.58. The van der Waals surface area contributed by atoms with Crippen LogP contribution in [-0.4, -0.2) is 28.3 Å². The Bertz CT molecular complexity index is 654. The van der Waals surface area contributed by atoms with E-state index in [1.165, 1.54) is 55.3 Å². The molecule has 0 saturated heterocycles. The number of rotatable bonds is 2. The highest BCUT2D eigenvalue weighted by atomic mass is 32.2. The van der Waals surface area contributed by atoms with Gasteiger partial charge in [0.15, 0.2) is 5.84 Å². The smallest absolute Gasteiger partial charge is 0.209 e. The molecule has 0 spiro atoms. The molecule has 5 heteroatoms. The van der Waals surface area contributed by atoms with Crippen LogP contribution in [0.3, 0.4) is 0 Å². The molecule has 1 aromatic rings. The van der Waals surface area contributed by atoms with Crippen molar-refractivity contribution in [3.8, 4) is 0 Å². The van der Waals surface area contributed by atoms with Crippen LogP contribution >= 0.6 is 11.9 Å². The van der Waals surface area contributed by atoms with Crippen molar-refractivity contribution in [2.75, 3.05) is 6.54 Å². The van der Waals surface area contributed by atoms with Crippen LogP contribution in [0.25, 0.3) is 0 Å². The minimum atomic E-state index is 0.615. The van der Waals surface area contributed by atoms with Gasteiger partial charge < -0.3 is 0 Å². The maximum atomic E-state index is 4.92. The molecule has 0 aromatic heterocycles. The lowest BCUT2D eigenvalue weighted by molar-refractivity contribution is 0.431. The summed E-state index contributed by atoms with van der Waals surface area (Å²) in [5.74, 6) is 1.53. The summed E-state index contributed by atoms with van der Waals surface area (Å²) in [7, 11) is 0. The Morgan fingerprint density at radius 1 is 1.09 bits per heavy atom. The van der Waals surface area contributed by atoms with Gasteiger partial charge in [-0.05, 0) is 19.8 Å². The van der Waals surface area contributed by atoms with Crippen molar-refractivity contribution in [2.45, 2.75) is 39.0 Å². The summed E-state index contributed by atoms with van der Waals surface area (Å²) < 4.78 is 4.58. The lowest BCUT2D eigenvalue weighted by Crippen LogP contribution is -2.35. The quantitative estimate of drug-likeness (QED) is 0.774. The van der Waals surface area contributed by atoms with E-state index in [2.05, 4.69) is 35.6 Å². The van der Waals surface area contributed by atoms with E-state index in [0.29, 0.717) is 5.92 Å². The van der Waals surface area contributed by atoms with Gasteiger partial charge in [-0.3, -0.25) is 4.99 Å². The lowest BCUT2D eigenvalue weighted by atomic mass is 9.85. The van der Waals surface area contributed by atoms with Crippen molar-refractivity contribution in [1.82, 2.24) is 5.01 Å². The largest absolute Gasteiger partial charge is 0.253 e. The highest BCUT2D eigenvalue weighted by Gasteiger charge is 2.31. The summed E-state index contributed by atoms with van der Waals surface area (Å²) in [4.78, 5) is 4.70. The van der Waals surface area contributed by atoms with Crippen LogP contribution in [0, 0.1) is 12.8 Å². The molecular weight excluding hydrogens is 292 g/mol. The Morgan fingerprint density at radius 3 is 2.64 bits per heavy atom. The summed E-state index contributed by atoms with van der Waals surface area (Å²) in [5, 5.41) is 7.77. The van der Waals surface area contributed by atoms with Gasteiger partial charge in [0.1, 0.15) is 0 Å². The molecular formula is C17H20N4S. The maximum absolute atomic E-state index is 4.92. The van der Waals surface area contributed by atoms with Crippen molar-refractivity contribution >= 4 is 28.7 Å². The van der Waals surface area contributed by atoms with Gasteiger partial charge in [-0.2, -0.15) is 14.5 Å². The van der Waals surface area contributed by atoms with E-state index >= 15 is 0 Å². The SMILES string of the molecule is Cc1ccc(C2=NSC3=NCC(C4CCCCC4)=NN32)cc1. The zero-order chi connectivity index (χ0) is 14.9. The fourth-order valence-electron chi connectivity index (χ4n) is 3.27. The van der Waals surface area contributed by atoms with Crippen LogP contribution in [0.5, 0.6) is 0 Å². The normalized spacial score (nSPS) is 22.0. The first-order valence-corrected chi connectivity index (χ1v) is 8.82. The molecule has 3 aliphatic rings. The van der Waals surface area contributed by atoms with Crippen LogP contribution in [0.2, 0.25) is 0 Å². The summed E-state index contributed by atoms with van der Waals surface area (Å²) in [5.41, 5.74) is 3.61. The van der Waals surface area contributed by atoms with Crippen LogP contribution in [0.15, 0.2) is 38.8 Å². The molecule has 0 amide bonds. The second kappa shape index (κ2) is 5.88. The highest BCUT2D eigenvalue weighted by molar-refractivity contribution is 8.13. The fraction of sp³-hybridized carbons (Fsp3) is 0.471. The first-order valence-electron chi connectivity index (χ1n) is 8.05. The number of aliphatic imine (C=N–C) groups is 1. The van der Waals surface area contributed by atoms with E-state index in [0.717, 1.165) is 23.1 Å². The van der Waals surface area contributed by atoms with E-state index in [1.54, 1.807) is 0 Å². The van der Waals surface area contributed by atoms with E-state index in [1.807, 2.05) is 5.01 Å². The second-order valence-electron chi connectivity index (χ2n) is 6.21. The van der Waals surface area contributed by atoms with E-state index in [4.69, 9.17) is 10.1 Å². The Morgan fingerprint density at radius 2 is 1.86 bits per heavy atom. The molecule has 1 aromatic carbocycles. The predicted molar refractivity (Wildman–Crippen MR) is 93.5 cm³/mol. The molecule has 2 aliphatic heterocycles. The molecule has 0 radical (unpaired) electrons. The number of amidine groups is 2. The first-order chi connectivity index (χ1) is 10.8. The second-order valence-corrected chi connectivity index (χ2v) is 6.94. The van der Waals surface area contributed by atoms with Crippen molar-refractivity contribution < 1.29 is 0 Å². The number of nitrogens with zero attached hydrogens (tertiary/aromatic N) is 4. The van der Waals surface area contributed by atoms with Gasteiger partial charge in [-0.15, -0.1) is 0 Å². The van der Waals surface area contributed by atoms with E-state index in [9.17, 15) is 0 Å². The number of hydrogen-bond acceptors (Lipinski definition) is 5. The molecule has 0 unspecified atom stereocenters. The zero-order valence-electron chi connectivity index (χ0n) is 12.8. The van der Waals surface area contributed by atoms with E-state index < -0.39 is 0 Å². The van der Waals surface area contributed by atoms with Gasteiger partial charge in [0.05, 0.1) is 24.2 Å². The summed E-state index contributed by atoms with van der Waals surface area (Å²) in [6, 6.07) is 8.46. The molecule has 1 aliphatic carbocycles. The third-order valence-corrected chi connectivity index (χ3v) is 5.32. The van der Waals surface area contributed by atoms with Crippen LogP contribution in [0.4, 0.5) is 0 Å². The molecule has 0 N–H and O–H groups in total. The molecule has 22 heavy (non-hydrogen) atoms. The molecule has 114 valence electrons. The average molecular weight is 312 g/mol. The molecule has 4 rings (SSSR count). The van der Waals surface area contributed by atoms with Gasteiger partial charge in [0.25, 0.3) is 0 Å². The lowest BCUT2D eigenvalue weighted by Gasteiger charge is -2.27.